The smallest absolute Gasteiger partial charge is 1.00 e. The van der Waals surface area contributed by atoms with E-state index in [1.165, 1.54) is 0 Å². The van der Waals surface area contributed by atoms with Crippen LogP contribution in [0.25, 0.3) is 0 Å². The maximum absolute atomic E-state index is 8.74. The summed E-state index contributed by atoms with van der Waals surface area (Å²) in [5, 5.41) is 0. The van der Waals surface area contributed by atoms with Gasteiger partial charge in [-0.05, 0) is 0 Å². The summed E-state index contributed by atoms with van der Waals surface area (Å²) in [6.45, 7) is 0. The van der Waals surface area contributed by atoms with E-state index in [4.69, 9.17) is 35.0 Å². The second-order valence-electron chi connectivity index (χ2n) is 0.896. The summed E-state index contributed by atoms with van der Waals surface area (Å²) in [4.78, 5) is 0. The quantitative estimate of drug-likeness (QED) is 0.252. The van der Waals surface area contributed by atoms with E-state index in [2.05, 4.69) is 0 Å². The van der Waals surface area contributed by atoms with Gasteiger partial charge in [0.15, 0.2) is 0 Å². The van der Waals surface area contributed by atoms with Gasteiger partial charge in [-0.15, -0.1) is 0 Å². The Hall–Kier alpha value is 1.28. The molecule has 0 bridgehead atoms. The molecular weight excluding hydrogens is 282 g/mol. The van der Waals surface area contributed by atoms with Crippen molar-refractivity contribution in [3.8, 4) is 0 Å². The summed E-state index contributed by atoms with van der Waals surface area (Å²) in [5.41, 5.74) is 0. The van der Waals surface area contributed by atoms with E-state index in [1.807, 2.05) is 0 Å². The first-order chi connectivity index (χ1) is 4.00. The maximum Gasteiger partial charge on any atom is 1.00 e. The van der Waals surface area contributed by atoms with Crippen LogP contribution in [0.1, 0.15) is 1.43 Å². The van der Waals surface area contributed by atoms with Crippen LogP contribution in [-0.2, 0) is 39.4 Å². The minimum absolute atomic E-state index is 0. The molecule has 79 valence electrons. The average molecular weight is 289 g/mol. The zero-order chi connectivity index (χ0) is 9.00. The van der Waals surface area contributed by atoms with Gasteiger partial charge in [0, 0.05) is 18.6 Å². The molecule has 0 rings (SSSR count). The van der Waals surface area contributed by atoms with Gasteiger partial charge in [0.2, 0.25) is 0 Å². The van der Waals surface area contributed by atoms with Crippen molar-refractivity contribution in [1.29, 1.82) is 0 Å². The molecule has 0 saturated heterocycles. The molecule has 0 spiro atoms. The molecule has 6 N–H and O–H groups in total. The van der Waals surface area contributed by atoms with E-state index in [-0.39, 0.29) is 55.0 Å². The van der Waals surface area contributed by atoms with Crippen LogP contribution in [0, 0.1) is 0 Å². The predicted octanol–water partition coefficient (Wildman–Crippen LogP) is -5.02. The normalized spacial score (nSPS) is 8.92. The molecule has 13 heavy (non-hydrogen) atoms. The minimum Gasteiger partial charge on any atom is -1.00 e. The van der Waals surface area contributed by atoms with Crippen molar-refractivity contribution in [2.75, 3.05) is 0 Å². The third kappa shape index (κ3) is 1030. The first kappa shape index (κ1) is 29.2. The predicted molar refractivity (Wildman–Crippen MR) is 33.1 cm³/mol. The van der Waals surface area contributed by atoms with Gasteiger partial charge in [0.05, 0.1) is 0 Å². The van der Waals surface area contributed by atoms with Crippen molar-refractivity contribution in [2.24, 2.45) is 0 Å². The molecule has 0 aliphatic heterocycles. The van der Waals surface area contributed by atoms with Gasteiger partial charge in [-0.1, -0.05) is 0 Å². The molecule has 0 aromatic heterocycles. The Bertz CT molecular complexity index is 219. The fourth-order valence-electron chi connectivity index (χ4n) is 0. The van der Waals surface area contributed by atoms with Crippen LogP contribution < -0.4 is 29.6 Å². The third-order valence-corrected chi connectivity index (χ3v) is 0. The second kappa shape index (κ2) is 11.4. The second-order valence-corrected chi connectivity index (χ2v) is 2.69. The van der Waals surface area contributed by atoms with Crippen molar-refractivity contribution in [1.82, 2.24) is 0 Å². The van der Waals surface area contributed by atoms with E-state index in [9.17, 15) is 0 Å². The van der Waals surface area contributed by atoms with E-state index < -0.39 is 20.8 Å². The molecule has 0 saturated carbocycles. The molecule has 9 nitrogen and oxygen atoms in total. The maximum atomic E-state index is 8.74. The monoisotopic (exact) mass is 289 g/mol. The summed E-state index contributed by atoms with van der Waals surface area (Å²) in [6.07, 6.45) is 0. The zero-order valence-electron chi connectivity index (χ0n) is 7.19. The molecule has 0 amide bonds. The number of hydrogen-bond donors (Lipinski definition) is 4. The molecule has 1 radical (unpaired) electrons. The van der Waals surface area contributed by atoms with E-state index >= 15 is 0 Å². The van der Waals surface area contributed by atoms with E-state index in [0.717, 1.165) is 0 Å². The van der Waals surface area contributed by atoms with Crippen LogP contribution in [-0.4, -0.2) is 40.5 Å². The number of rotatable bonds is 0. The van der Waals surface area contributed by atoms with Crippen molar-refractivity contribution in [3.63, 3.8) is 0 Å². The van der Waals surface area contributed by atoms with Gasteiger partial charge in [-0.2, -0.15) is 16.8 Å². The van der Waals surface area contributed by atoms with Crippen molar-refractivity contribution in [3.05, 3.63) is 0 Å². The molecular formula is H7NaO9S2V. The third-order valence-electron chi connectivity index (χ3n) is 0. The Morgan fingerprint density at radius 3 is 0.769 bits per heavy atom. The van der Waals surface area contributed by atoms with Gasteiger partial charge in [-0.25, -0.2) is 0 Å². The fraction of sp³-hybridized carbons (Fsp3) is 0. The van der Waals surface area contributed by atoms with Gasteiger partial charge in [0.1, 0.15) is 0 Å². The van der Waals surface area contributed by atoms with Gasteiger partial charge in [0.25, 0.3) is 0 Å². The largest absolute Gasteiger partial charge is 1.00 e. The molecule has 0 aromatic rings. The van der Waals surface area contributed by atoms with Crippen LogP contribution >= 0.6 is 0 Å². The molecule has 0 aliphatic rings. The summed E-state index contributed by atoms with van der Waals surface area (Å²) in [5.74, 6) is 0. The first-order valence-electron chi connectivity index (χ1n) is 1.40. The number of hydrogen-bond acceptors (Lipinski definition) is 4. The Morgan fingerprint density at radius 1 is 0.769 bits per heavy atom. The van der Waals surface area contributed by atoms with E-state index in [1.54, 1.807) is 0 Å². The summed E-state index contributed by atoms with van der Waals surface area (Å²) in [6, 6.07) is 0. The summed E-state index contributed by atoms with van der Waals surface area (Å²) < 4.78 is 63.2. The minimum atomic E-state index is -4.67. The van der Waals surface area contributed by atoms with Gasteiger partial charge in [-0.3, -0.25) is 18.2 Å². The van der Waals surface area contributed by atoms with Crippen molar-refractivity contribution >= 4 is 20.8 Å². The Kier molecular flexibility index (Phi) is 25.6. The summed E-state index contributed by atoms with van der Waals surface area (Å²) in [7, 11) is -9.33. The first-order valence-corrected chi connectivity index (χ1v) is 4.19. The molecule has 13 heteroatoms. The van der Waals surface area contributed by atoms with Crippen LogP contribution in [0.2, 0.25) is 0 Å². The van der Waals surface area contributed by atoms with Crippen LogP contribution in [0.15, 0.2) is 0 Å². The molecule has 0 aliphatic carbocycles. The standard InChI is InChI=1S/Na.2H2O4S.H2O.V.H/c;2*1-5(2,3)4;;;/h;2*(H2,1,2,3,4);1H2;;/q+1;;;;;-1. The molecule has 0 fully saturated rings. The fourth-order valence-corrected chi connectivity index (χ4v) is 0. The van der Waals surface area contributed by atoms with Crippen LogP contribution in [0.3, 0.4) is 0 Å². The van der Waals surface area contributed by atoms with Crippen LogP contribution in [0.4, 0.5) is 0 Å². The topological polar surface area (TPSA) is 181 Å². The Balaban J connectivity index is -0.0000000178. The summed E-state index contributed by atoms with van der Waals surface area (Å²) >= 11 is 0. The van der Waals surface area contributed by atoms with Crippen LogP contribution in [0.5, 0.6) is 0 Å². The van der Waals surface area contributed by atoms with Crippen molar-refractivity contribution in [2.45, 2.75) is 0 Å². The average Bonchev–Trinajstić information content (AvgIpc) is 1.12. The Labute approximate surface area is 110 Å². The van der Waals surface area contributed by atoms with E-state index in [0.29, 0.717) is 0 Å². The van der Waals surface area contributed by atoms with Gasteiger partial charge < -0.3 is 6.90 Å². The molecule has 0 aromatic carbocycles. The molecule has 0 unspecified atom stereocenters. The zero-order valence-corrected chi connectivity index (χ0v) is 11.2. The molecule has 0 atom stereocenters. The van der Waals surface area contributed by atoms with Crippen molar-refractivity contribution < 1.29 is 90.1 Å². The molecule has 0 heterocycles. The SMILES string of the molecule is O.O=S(=O)(O)O.O=S(=O)(O)O.[H-].[Na+].[V]. The Morgan fingerprint density at radius 2 is 0.769 bits per heavy atom. The van der Waals surface area contributed by atoms with Gasteiger partial charge >= 0.3 is 50.4 Å².